The molecule has 0 bridgehead atoms. The van der Waals surface area contributed by atoms with Crippen LogP contribution in [0.15, 0.2) is 70.3 Å². The van der Waals surface area contributed by atoms with Gasteiger partial charge in [0.1, 0.15) is 4.21 Å². The van der Waals surface area contributed by atoms with Crippen molar-refractivity contribution in [2.75, 3.05) is 18.4 Å². The summed E-state index contributed by atoms with van der Waals surface area (Å²) in [6, 6.07) is 16.9. The molecule has 0 radical (unpaired) electrons. The fraction of sp³-hybridized carbons (Fsp3) is 0.182. The van der Waals surface area contributed by atoms with E-state index >= 15 is 0 Å². The van der Waals surface area contributed by atoms with Crippen LogP contribution in [0.2, 0.25) is 0 Å². The van der Waals surface area contributed by atoms with Gasteiger partial charge in [0.25, 0.3) is 15.9 Å². The van der Waals surface area contributed by atoms with Gasteiger partial charge in [0.05, 0.1) is 11.3 Å². The number of esters is 1. The van der Waals surface area contributed by atoms with E-state index in [0.29, 0.717) is 6.54 Å². The average Bonchev–Trinajstić information content (AvgIpc) is 3.29. The van der Waals surface area contributed by atoms with E-state index in [0.717, 1.165) is 22.5 Å². The van der Waals surface area contributed by atoms with Crippen LogP contribution in [0, 0.1) is 6.92 Å². The van der Waals surface area contributed by atoms with E-state index in [1.807, 2.05) is 31.2 Å². The van der Waals surface area contributed by atoms with E-state index in [1.54, 1.807) is 30.6 Å². The molecule has 2 aromatic carbocycles. The highest BCUT2D eigenvalue weighted by Gasteiger charge is 2.21. The molecule has 1 aromatic heterocycles. The Morgan fingerprint density at radius 2 is 1.74 bits per heavy atom. The number of thiophene rings is 1. The van der Waals surface area contributed by atoms with Gasteiger partial charge in [-0.2, -0.15) is 0 Å². The van der Waals surface area contributed by atoms with Gasteiger partial charge >= 0.3 is 5.97 Å². The van der Waals surface area contributed by atoms with E-state index < -0.39 is 22.6 Å². The minimum atomic E-state index is -3.82. The van der Waals surface area contributed by atoms with E-state index in [2.05, 4.69) is 4.72 Å². The number of rotatable bonds is 8. The van der Waals surface area contributed by atoms with Crippen molar-refractivity contribution in [1.82, 2.24) is 4.90 Å². The molecule has 0 unspecified atom stereocenters. The number of sulfonamides is 1. The molecule has 1 N–H and O–H groups in total. The maximum Gasteiger partial charge on any atom is 0.340 e. The van der Waals surface area contributed by atoms with E-state index in [-0.39, 0.29) is 21.4 Å². The molecule has 0 fully saturated rings. The Hall–Kier alpha value is -3.17. The first-order valence-electron chi connectivity index (χ1n) is 9.39. The van der Waals surface area contributed by atoms with Gasteiger partial charge in [-0.05, 0) is 41.6 Å². The molecule has 0 saturated heterocycles. The van der Waals surface area contributed by atoms with E-state index in [9.17, 15) is 18.0 Å². The quantitative estimate of drug-likeness (QED) is 0.520. The second kappa shape index (κ2) is 9.76. The summed E-state index contributed by atoms with van der Waals surface area (Å²) in [5.74, 6) is -1.16. The largest absolute Gasteiger partial charge is 0.452 e. The number of nitrogens with zero attached hydrogens (tertiary/aromatic N) is 1. The zero-order chi connectivity index (χ0) is 22.4. The molecule has 31 heavy (non-hydrogen) atoms. The summed E-state index contributed by atoms with van der Waals surface area (Å²) in [5, 5.41) is 1.65. The highest BCUT2D eigenvalue weighted by Crippen LogP contribution is 2.23. The van der Waals surface area contributed by atoms with Gasteiger partial charge in [-0.25, -0.2) is 13.2 Å². The molecular weight excluding hydrogens is 436 g/mol. The second-order valence-corrected chi connectivity index (χ2v) is 9.69. The summed E-state index contributed by atoms with van der Waals surface area (Å²) in [6.45, 7) is 1.90. The number of hydrogen-bond acceptors (Lipinski definition) is 6. The summed E-state index contributed by atoms with van der Waals surface area (Å²) in [5.41, 5.74) is 2.17. The number of ether oxygens (including phenoxy) is 1. The molecule has 3 rings (SSSR count). The number of carbonyl (C=O) groups is 2. The predicted molar refractivity (Wildman–Crippen MR) is 120 cm³/mol. The van der Waals surface area contributed by atoms with Crippen molar-refractivity contribution in [2.45, 2.75) is 17.7 Å². The Kier molecular flexibility index (Phi) is 7.09. The van der Waals surface area contributed by atoms with Crippen LogP contribution in [0.1, 0.15) is 21.5 Å². The molecule has 162 valence electrons. The number of carbonyl (C=O) groups excluding carboxylic acids is 2. The number of aryl methyl sites for hydroxylation is 1. The van der Waals surface area contributed by atoms with Crippen molar-refractivity contribution in [3.63, 3.8) is 0 Å². The highest BCUT2D eigenvalue weighted by molar-refractivity contribution is 7.94. The van der Waals surface area contributed by atoms with Gasteiger partial charge in [0.15, 0.2) is 6.61 Å². The summed E-state index contributed by atoms with van der Waals surface area (Å²) in [6.07, 6.45) is 0. The van der Waals surface area contributed by atoms with Crippen LogP contribution in [0.5, 0.6) is 0 Å². The van der Waals surface area contributed by atoms with Crippen LogP contribution < -0.4 is 4.72 Å². The number of anilines is 1. The van der Waals surface area contributed by atoms with Crippen molar-refractivity contribution in [2.24, 2.45) is 0 Å². The van der Waals surface area contributed by atoms with E-state index in [1.165, 1.54) is 23.1 Å². The third kappa shape index (κ3) is 5.71. The Labute approximate surface area is 185 Å². The summed E-state index contributed by atoms with van der Waals surface area (Å²) in [4.78, 5) is 26.4. The maximum atomic E-state index is 12.6. The first-order chi connectivity index (χ1) is 14.8. The predicted octanol–water partition coefficient (Wildman–Crippen LogP) is 3.67. The number of para-hydroxylation sites is 1. The topological polar surface area (TPSA) is 92.8 Å². The number of amides is 1. The molecule has 0 spiro atoms. The SMILES string of the molecule is Cc1ccccc1CN(C)C(=O)COC(=O)c1ccccc1NS(=O)(=O)c1cccs1. The Morgan fingerprint density at radius 3 is 2.45 bits per heavy atom. The molecule has 0 atom stereocenters. The third-order valence-corrected chi connectivity index (χ3v) is 7.34. The van der Waals surface area contributed by atoms with Crippen LogP contribution in [0.25, 0.3) is 0 Å². The van der Waals surface area contributed by atoms with Gasteiger partial charge in [-0.3, -0.25) is 9.52 Å². The van der Waals surface area contributed by atoms with Gasteiger partial charge in [0.2, 0.25) is 0 Å². The molecule has 7 nitrogen and oxygen atoms in total. The van der Waals surface area contributed by atoms with Gasteiger partial charge in [-0.15, -0.1) is 11.3 Å². The lowest BCUT2D eigenvalue weighted by Gasteiger charge is -2.18. The number of likely N-dealkylation sites (N-methyl/N-ethyl adjacent to an activating group) is 1. The zero-order valence-corrected chi connectivity index (χ0v) is 18.7. The molecular formula is C22H22N2O5S2. The van der Waals surface area contributed by atoms with Crippen molar-refractivity contribution in [3.8, 4) is 0 Å². The Morgan fingerprint density at radius 1 is 1.03 bits per heavy atom. The third-order valence-electron chi connectivity index (χ3n) is 4.57. The molecule has 0 aliphatic carbocycles. The van der Waals surface area contributed by atoms with Crippen molar-refractivity contribution >= 4 is 38.9 Å². The van der Waals surface area contributed by atoms with Gasteiger partial charge in [0, 0.05) is 13.6 Å². The van der Waals surface area contributed by atoms with Crippen molar-refractivity contribution in [1.29, 1.82) is 0 Å². The fourth-order valence-electron chi connectivity index (χ4n) is 2.81. The molecule has 1 amide bonds. The molecule has 1 heterocycles. The standard InChI is InChI=1S/C22H22N2O5S2/c1-16-8-3-4-9-17(16)14-24(2)20(25)15-29-22(26)18-10-5-6-11-19(18)23-31(27,28)21-12-7-13-30-21/h3-13,23H,14-15H2,1-2H3. The van der Waals surface area contributed by atoms with Crippen LogP contribution >= 0.6 is 11.3 Å². The van der Waals surface area contributed by atoms with E-state index in [4.69, 9.17) is 4.74 Å². The van der Waals surface area contributed by atoms with Crippen molar-refractivity contribution in [3.05, 3.63) is 82.7 Å². The summed E-state index contributed by atoms with van der Waals surface area (Å²) < 4.78 is 32.7. The number of benzene rings is 2. The Balaban J connectivity index is 1.64. The molecule has 0 saturated carbocycles. The number of nitrogens with one attached hydrogen (secondary N) is 1. The van der Waals surface area contributed by atoms with Crippen LogP contribution in [0.4, 0.5) is 5.69 Å². The first kappa shape index (κ1) is 22.5. The lowest BCUT2D eigenvalue weighted by Crippen LogP contribution is -2.31. The van der Waals surface area contributed by atoms with Crippen LogP contribution in [0.3, 0.4) is 0 Å². The normalized spacial score (nSPS) is 11.0. The number of hydrogen-bond donors (Lipinski definition) is 1. The van der Waals surface area contributed by atoms with Gasteiger partial charge in [-0.1, -0.05) is 42.5 Å². The lowest BCUT2D eigenvalue weighted by atomic mass is 10.1. The minimum absolute atomic E-state index is 0.0250. The van der Waals surface area contributed by atoms with Gasteiger partial charge < -0.3 is 9.64 Å². The maximum absolute atomic E-state index is 12.6. The molecule has 3 aromatic rings. The van der Waals surface area contributed by atoms with Crippen molar-refractivity contribution < 1.29 is 22.7 Å². The minimum Gasteiger partial charge on any atom is -0.452 e. The second-order valence-electron chi connectivity index (χ2n) is 6.84. The Bertz CT molecular complexity index is 1170. The highest BCUT2D eigenvalue weighted by atomic mass is 32.2. The lowest BCUT2D eigenvalue weighted by molar-refractivity contribution is -0.133. The fourth-order valence-corrected chi connectivity index (χ4v) is 4.88. The first-order valence-corrected chi connectivity index (χ1v) is 11.7. The zero-order valence-electron chi connectivity index (χ0n) is 17.1. The molecule has 9 heteroatoms. The monoisotopic (exact) mass is 458 g/mol. The average molecular weight is 459 g/mol. The summed E-state index contributed by atoms with van der Waals surface area (Å²) >= 11 is 1.07. The molecule has 0 aliphatic heterocycles. The molecule has 0 aliphatic rings. The van der Waals surface area contributed by atoms with Crippen LogP contribution in [-0.4, -0.2) is 38.8 Å². The smallest absolute Gasteiger partial charge is 0.340 e. The van der Waals surface area contributed by atoms with Crippen LogP contribution in [-0.2, 0) is 26.1 Å². The summed E-state index contributed by atoms with van der Waals surface area (Å²) in [7, 11) is -2.19.